The Kier molecular flexibility index (Phi) is 3.75. The van der Waals surface area contributed by atoms with E-state index in [1.165, 1.54) is 6.26 Å². The van der Waals surface area contributed by atoms with Crippen LogP contribution in [0.3, 0.4) is 0 Å². The van der Waals surface area contributed by atoms with Crippen molar-refractivity contribution < 1.29 is 14.3 Å². The molecule has 1 heterocycles. The van der Waals surface area contributed by atoms with Crippen molar-refractivity contribution in [1.82, 2.24) is 4.90 Å². The van der Waals surface area contributed by atoms with Crippen LogP contribution in [0.25, 0.3) is 0 Å². The highest BCUT2D eigenvalue weighted by Crippen LogP contribution is 2.18. The minimum absolute atomic E-state index is 0.0424. The Morgan fingerprint density at radius 1 is 1.50 bits per heavy atom. The maximum atomic E-state index is 10.8. The van der Waals surface area contributed by atoms with E-state index in [0.717, 1.165) is 12.1 Å². The van der Waals surface area contributed by atoms with Crippen LogP contribution in [0.2, 0.25) is 0 Å². The van der Waals surface area contributed by atoms with Gasteiger partial charge in [0.25, 0.3) is 0 Å². The second-order valence-corrected chi connectivity index (χ2v) is 5.31. The molecule has 1 aromatic heterocycles. The highest BCUT2D eigenvalue weighted by molar-refractivity contribution is 5.86. The third kappa shape index (κ3) is 3.70. The average Bonchev–Trinajstić information content (AvgIpc) is 2.47. The van der Waals surface area contributed by atoms with Crippen LogP contribution in [0.1, 0.15) is 36.9 Å². The molecule has 90 valence electrons. The normalized spacial score (nSPS) is 12.1. The second-order valence-electron chi connectivity index (χ2n) is 5.31. The van der Waals surface area contributed by atoms with Gasteiger partial charge in [-0.1, -0.05) is 20.8 Å². The van der Waals surface area contributed by atoms with E-state index in [0.29, 0.717) is 6.54 Å². The Bertz CT molecular complexity index is 363. The van der Waals surface area contributed by atoms with Gasteiger partial charge in [-0.15, -0.1) is 0 Å². The molecule has 4 heteroatoms. The van der Waals surface area contributed by atoms with Crippen molar-refractivity contribution in [2.24, 2.45) is 5.41 Å². The Hall–Kier alpha value is -1.29. The van der Waals surface area contributed by atoms with Gasteiger partial charge in [0.05, 0.1) is 6.26 Å². The number of carboxylic acid groups (broad SMARTS) is 1. The molecule has 0 saturated heterocycles. The summed E-state index contributed by atoms with van der Waals surface area (Å²) in [5, 5.41) is 8.89. The highest BCUT2D eigenvalue weighted by atomic mass is 16.4. The van der Waals surface area contributed by atoms with Crippen molar-refractivity contribution in [2.45, 2.75) is 27.3 Å². The fourth-order valence-corrected chi connectivity index (χ4v) is 1.80. The van der Waals surface area contributed by atoms with Crippen LogP contribution in [-0.4, -0.2) is 29.6 Å². The summed E-state index contributed by atoms with van der Waals surface area (Å²) in [4.78, 5) is 12.9. The number of furan rings is 1. The summed E-state index contributed by atoms with van der Waals surface area (Å²) in [5.74, 6) is -0.968. The molecule has 1 aromatic rings. The van der Waals surface area contributed by atoms with Crippen molar-refractivity contribution in [2.75, 3.05) is 13.6 Å². The second kappa shape index (κ2) is 4.70. The lowest BCUT2D eigenvalue weighted by molar-refractivity contribution is 0.0659. The molecule has 0 radical (unpaired) electrons. The van der Waals surface area contributed by atoms with Crippen molar-refractivity contribution in [3.05, 3.63) is 23.7 Å². The van der Waals surface area contributed by atoms with Gasteiger partial charge in [-0.25, -0.2) is 4.79 Å². The molecule has 0 aliphatic carbocycles. The summed E-state index contributed by atoms with van der Waals surface area (Å²) in [6.07, 6.45) is 1.42. The minimum Gasteiger partial charge on any atom is -0.475 e. The predicted molar refractivity (Wildman–Crippen MR) is 61.5 cm³/mol. The van der Waals surface area contributed by atoms with E-state index < -0.39 is 5.97 Å². The van der Waals surface area contributed by atoms with Crippen molar-refractivity contribution in [3.63, 3.8) is 0 Å². The largest absolute Gasteiger partial charge is 0.475 e. The highest BCUT2D eigenvalue weighted by Gasteiger charge is 2.18. The molecule has 0 atom stereocenters. The topological polar surface area (TPSA) is 53.7 Å². The lowest BCUT2D eigenvalue weighted by Gasteiger charge is -2.26. The summed E-state index contributed by atoms with van der Waals surface area (Å²) in [6, 6.07) is 1.71. The van der Waals surface area contributed by atoms with E-state index in [1.54, 1.807) is 6.07 Å². The van der Waals surface area contributed by atoms with Crippen LogP contribution in [0, 0.1) is 5.41 Å². The molecule has 0 aliphatic rings. The standard InChI is InChI=1S/C12H19NO3/c1-12(2,3)8-13(4)7-9-5-6-16-10(9)11(14)15/h5-6H,7-8H2,1-4H3,(H,14,15). The summed E-state index contributed by atoms with van der Waals surface area (Å²) < 4.78 is 4.93. The third-order valence-electron chi connectivity index (χ3n) is 2.13. The molecule has 0 spiro atoms. The van der Waals surface area contributed by atoms with Crippen LogP contribution in [0.4, 0.5) is 0 Å². The number of hydrogen-bond donors (Lipinski definition) is 1. The Morgan fingerprint density at radius 3 is 2.62 bits per heavy atom. The van der Waals surface area contributed by atoms with Crippen LogP contribution < -0.4 is 0 Å². The lowest BCUT2D eigenvalue weighted by Crippen LogP contribution is -2.29. The van der Waals surface area contributed by atoms with E-state index in [2.05, 4.69) is 25.7 Å². The maximum absolute atomic E-state index is 10.8. The molecule has 0 bridgehead atoms. The van der Waals surface area contributed by atoms with Crippen molar-refractivity contribution in [1.29, 1.82) is 0 Å². The van der Waals surface area contributed by atoms with E-state index in [-0.39, 0.29) is 11.2 Å². The number of carboxylic acids is 1. The zero-order chi connectivity index (χ0) is 12.3. The van der Waals surface area contributed by atoms with Gasteiger partial charge in [-0.2, -0.15) is 0 Å². The number of nitrogens with zero attached hydrogens (tertiary/aromatic N) is 1. The van der Waals surface area contributed by atoms with Crippen molar-refractivity contribution >= 4 is 5.97 Å². The van der Waals surface area contributed by atoms with Gasteiger partial charge in [-0.3, -0.25) is 0 Å². The molecular weight excluding hydrogens is 206 g/mol. The first-order chi connectivity index (χ1) is 7.29. The van der Waals surface area contributed by atoms with Crippen LogP contribution in [0.15, 0.2) is 16.7 Å². The van der Waals surface area contributed by atoms with Gasteiger partial charge in [0.15, 0.2) is 0 Å². The Labute approximate surface area is 95.9 Å². The average molecular weight is 225 g/mol. The molecule has 0 fully saturated rings. The predicted octanol–water partition coefficient (Wildman–Crippen LogP) is 2.46. The Balaban J connectivity index is 2.66. The fraction of sp³-hybridized carbons (Fsp3) is 0.583. The van der Waals surface area contributed by atoms with Gasteiger partial charge >= 0.3 is 5.97 Å². The first-order valence-corrected chi connectivity index (χ1v) is 5.28. The zero-order valence-electron chi connectivity index (χ0n) is 10.3. The third-order valence-corrected chi connectivity index (χ3v) is 2.13. The molecule has 1 rings (SSSR count). The fourth-order valence-electron chi connectivity index (χ4n) is 1.80. The SMILES string of the molecule is CN(Cc1ccoc1C(=O)O)CC(C)(C)C. The number of carbonyl (C=O) groups is 1. The number of rotatable bonds is 4. The molecule has 1 N–H and O–H groups in total. The van der Waals surface area contributed by atoms with Crippen LogP contribution in [0.5, 0.6) is 0 Å². The van der Waals surface area contributed by atoms with Gasteiger partial charge in [0.2, 0.25) is 5.76 Å². The first kappa shape index (κ1) is 12.8. The molecule has 0 amide bonds. The summed E-state index contributed by atoms with van der Waals surface area (Å²) in [6.45, 7) is 7.94. The van der Waals surface area contributed by atoms with E-state index in [1.807, 2.05) is 7.05 Å². The van der Waals surface area contributed by atoms with Gasteiger partial charge in [0.1, 0.15) is 0 Å². The van der Waals surface area contributed by atoms with E-state index in [9.17, 15) is 4.79 Å². The van der Waals surface area contributed by atoms with Crippen LogP contribution in [-0.2, 0) is 6.54 Å². The lowest BCUT2D eigenvalue weighted by atomic mass is 9.96. The summed E-state index contributed by atoms with van der Waals surface area (Å²) in [5.41, 5.74) is 0.918. The van der Waals surface area contributed by atoms with Gasteiger partial charge in [0, 0.05) is 18.7 Å². The van der Waals surface area contributed by atoms with E-state index >= 15 is 0 Å². The molecule has 0 aliphatic heterocycles. The zero-order valence-corrected chi connectivity index (χ0v) is 10.3. The van der Waals surface area contributed by atoms with Crippen molar-refractivity contribution in [3.8, 4) is 0 Å². The first-order valence-electron chi connectivity index (χ1n) is 5.28. The molecule has 4 nitrogen and oxygen atoms in total. The quantitative estimate of drug-likeness (QED) is 0.855. The molecule has 16 heavy (non-hydrogen) atoms. The Morgan fingerprint density at radius 2 is 2.12 bits per heavy atom. The van der Waals surface area contributed by atoms with Gasteiger partial charge < -0.3 is 14.4 Å². The molecule has 0 aromatic carbocycles. The molecule has 0 saturated carbocycles. The molecular formula is C12H19NO3. The minimum atomic E-state index is -1.01. The van der Waals surface area contributed by atoms with Gasteiger partial charge in [-0.05, 0) is 18.5 Å². The summed E-state index contributed by atoms with van der Waals surface area (Å²) >= 11 is 0. The maximum Gasteiger partial charge on any atom is 0.372 e. The summed E-state index contributed by atoms with van der Waals surface area (Å²) in [7, 11) is 1.98. The van der Waals surface area contributed by atoms with E-state index in [4.69, 9.17) is 9.52 Å². The molecule has 0 unspecified atom stereocenters. The smallest absolute Gasteiger partial charge is 0.372 e. The number of aromatic carboxylic acids is 1. The van der Waals surface area contributed by atoms with Crippen LogP contribution >= 0.6 is 0 Å². The number of hydrogen-bond acceptors (Lipinski definition) is 3. The monoisotopic (exact) mass is 225 g/mol.